The molecule has 124 valence electrons. The number of nitrogens with zero attached hydrogens (tertiary/aromatic N) is 4. The lowest BCUT2D eigenvalue weighted by Gasteiger charge is -2.36. The van der Waals surface area contributed by atoms with Gasteiger partial charge in [0.05, 0.1) is 12.6 Å². The molecule has 0 saturated carbocycles. The lowest BCUT2D eigenvalue weighted by molar-refractivity contribution is -0.136. The van der Waals surface area contributed by atoms with E-state index in [2.05, 4.69) is 35.9 Å². The molecule has 0 radical (unpaired) electrons. The van der Waals surface area contributed by atoms with E-state index in [0.717, 1.165) is 37.6 Å². The van der Waals surface area contributed by atoms with Gasteiger partial charge in [0.15, 0.2) is 0 Å². The second-order valence-corrected chi connectivity index (χ2v) is 6.58. The van der Waals surface area contributed by atoms with Crippen molar-refractivity contribution in [3.05, 3.63) is 17.5 Å². The molecule has 0 N–H and O–H groups in total. The maximum Gasteiger partial charge on any atom is 0.239 e. The van der Waals surface area contributed by atoms with Crippen molar-refractivity contribution in [2.24, 2.45) is 0 Å². The average molecular weight is 308 g/mol. The third kappa shape index (κ3) is 4.08. The van der Waals surface area contributed by atoms with Crippen molar-refractivity contribution in [3.8, 4) is 0 Å². The van der Waals surface area contributed by atoms with E-state index in [-0.39, 0.29) is 11.9 Å². The van der Waals surface area contributed by atoms with Crippen molar-refractivity contribution in [2.45, 2.75) is 39.3 Å². The zero-order chi connectivity index (χ0) is 16.3. The number of aromatic nitrogens is 1. The van der Waals surface area contributed by atoms with Crippen LogP contribution < -0.4 is 0 Å². The lowest BCUT2D eigenvalue weighted by Crippen LogP contribution is -2.53. The Kier molecular flexibility index (Phi) is 5.58. The van der Waals surface area contributed by atoms with Crippen molar-refractivity contribution in [3.63, 3.8) is 0 Å². The Labute approximate surface area is 133 Å². The van der Waals surface area contributed by atoms with Crippen molar-refractivity contribution in [1.82, 2.24) is 19.9 Å². The summed E-state index contributed by atoms with van der Waals surface area (Å²) in [6, 6.07) is 1.85. The molecule has 1 saturated heterocycles. The molecule has 0 aromatic carbocycles. The van der Waals surface area contributed by atoms with Crippen LogP contribution in [-0.2, 0) is 11.3 Å². The molecular weight excluding hydrogens is 280 g/mol. The van der Waals surface area contributed by atoms with Crippen LogP contribution >= 0.6 is 0 Å². The van der Waals surface area contributed by atoms with Crippen LogP contribution in [0.5, 0.6) is 0 Å². The highest BCUT2D eigenvalue weighted by Gasteiger charge is 2.27. The summed E-state index contributed by atoms with van der Waals surface area (Å²) < 4.78 is 5.29. The van der Waals surface area contributed by atoms with E-state index >= 15 is 0 Å². The predicted octanol–water partition coefficient (Wildman–Crippen LogP) is 1.39. The van der Waals surface area contributed by atoms with Gasteiger partial charge in [-0.3, -0.25) is 9.69 Å². The molecule has 22 heavy (non-hydrogen) atoms. The zero-order valence-electron chi connectivity index (χ0n) is 14.4. The highest BCUT2D eigenvalue weighted by Crippen LogP contribution is 2.16. The third-order valence-electron chi connectivity index (χ3n) is 4.36. The molecule has 1 aliphatic rings. The first-order chi connectivity index (χ1) is 10.4. The van der Waals surface area contributed by atoms with Crippen LogP contribution in [0.15, 0.2) is 10.6 Å². The fraction of sp³-hybridized carbons (Fsp3) is 0.750. The molecule has 0 bridgehead atoms. The van der Waals surface area contributed by atoms with E-state index in [1.165, 1.54) is 0 Å². The maximum atomic E-state index is 12.6. The predicted molar refractivity (Wildman–Crippen MR) is 85.6 cm³/mol. The minimum absolute atomic E-state index is 0.0878. The van der Waals surface area contributed by atoms with Gasteiger partial charge in [0.1, 0.15) is 11.5 Å². The number of hydrogen-bond donors (Lipinski definition) is 0. The van der Waals surface area contributed by atoms with Gasteiger partial charge in [-0.05, 0) is 14.0 Å². The SMILES string of the molecule is CC(C)c1cc(CN(C)C(=O)[C@@H](C)N2CCN(C)CC2)no1. The van der Waals surface area contributed by atoms with Gasteiger partial charge >= 0.3 is 0 Å². The fourth-order valence-corrected chi connectivity index (χ4v) is 2.68. The molecule has 0 aliphatic carbocycles. The second-order valence-electron chi connectivity index (χ2n) is 6.58. The first-order valence-electron chi connectivity index (χ1n) is 8.01. The fourth-order valence-electron chi connectivity index (χ4n) is 2.68. The van der Waals surface area contributed by atoms with Crippen LogP contribution in [-0.4, -0.2) is 72.1 Å². The Morgan fingerprint density at radius 2 is 1.95 bits per heavy atom. The molecule has 1 aromatic rings. The summed E-state index contributed by atoms with van der Waals surface area (Å²) in [5, 5.41) is 4.05. The summed E-state index contributed by atoms with van der Waals surface area (Å²) in [6.07, 6.45) is 0. The Morgan fingerprint density at radius 3 is 2.50 bits per heavy atom. The van der Waals surface area contributed by atoms with Crippen molar-refractivity contribution < 1.29 is 9.32 Å². The van der Waals surface area contributed by atoms with Crippen LogP contribution in [0.2, 0.25) is 0 Å². The number of carbonyl (C=O) groups excluding carboxylic acids is 1. The van der Waals surface area contributed by atoms with Gasteiger partial charge in [-0.1, -0.05) is 19.0 Å². The molecule has 1 aliphatic heterocycles. The van der Waals surface area contributed by atoms with Gasteiger partial charge < -0.3 is 14.3 Å². The van der Waals surface area contributed by atoms with E-state index in [0.29, 0.717) is 12.5 Å². The van der Waals surface area contributed by atoms with E-state index < -0.39 is 0 Å². The number of hydrogen-bond acceptors (Lipinski definition) is 5. The average Bonchev–Trinajstić information content (AvgIpc) is 2.95. The lowest BCUT2D eigenvalue weighted by atomic mass is 10.1. The molecule has 2 heterocycles. The molecule has 1 fully saturated rings. The number of amides is 1. The van der Waals surface area contributed by atoms with Crippen LogP contribution in [0.1, 0.15) is 38.1 Å². The smallest absolute Gasteiger partial charge is 0.239 e. The molecule has 0 spiro atoms. The Morgan fingerprint density at radius 1 is 1.32 bits per heavy atom. The largest absolute Gasteiger partial charge is 0.361 e. The maximum absolute atomic E-state index is 12.6. The standard InChI is InChI=1S/C16H28N4O2/c1-12(2)15-10-14(17-22-15)11-19(5)16(21)13(3)20-8-6-18(4)7-9-20/h10,12-13H,6-9,11H2,1-5H3/t13-/m1/s1. The number of piperazine rings is 1. The number of carbonyl (C=O) groups is 1. The summed E-state index contributed by atoms with van der Waals surface area (Å²) in [6.45, 7) is 10.5. The van der Waals surface area contributed by atoms with Gasteiger partial charge in [-0.25, -0.2) is 0 Å². The number of likely N-dealkylation sites (N-methyl/N-ethyl adjacent to an activating group) is 2. The third-order valence-corrected chi connectivity index (χ3v) is 4.36. The van der Waals surface area contributed by atoms with E-state index in [1.807, 2.05) is 20.0 Å². The van der Waals surface area contributed by atoms with Gasteiger partial charge in [-0.15, -0.1) is 0 Å². The molecule has 6 nitrogen and oxygen atoms in total. The highest BCUT2D eigenvalue weighted by atomic mass is 16.5. The molecule has 6 heteroatoms. The summed E-state index contributed by atoms with van der Waals surface area (Å²) in [7, 11) is 3.95. The van der Waals surface area contributed by atoms with Gasteiger partial charge in [0, 0.05) is 45.2 Å². The molecule has 1 aromatic heterocycles. The first kappa shape index (κ1) is 17.0. The topological polar surface area (TPSA) is 52.8 Å². The monoisotopic (exact) mass is 308 g/mol. The highest BCUT2D eigenvalue weighted by molar-refractivity contribution is 5.81. The van der Waals surface area contributed by atoms with E-state index in [4.69, 9.17) is 4.52 Å². The summed E-state index contributed by atoms with van der Waals surface area (Å²) >= 11 is 0. The zero-order valence-corrected chi connectivity index (χ0v) is 14.4. The van der Waals surface area contributed by atoms with Crippen LogP contribution in [0, 0.1) is 0 Å². The van der Waals surface area contributed by atoms with Crippen molar-refractivity contribution >= 4 is 5.91 Å². The minimum atomic E-state index is -0.0878. The second kappa shape index (κ2) is 7.24. The minimum Gasteiger partial charge on any atom is -0.361 e. The normalized spacial score (nSPS) is 18.6. The van der Waals surface area contributed by atoms with Crippen LogP contribution in [0.25, 0.3) is 0 Å². The van der Waals surface area contributed by atoms with Crippen LogP contribution in [0.4, 0.5) is 0 Å². The molecule has 1 atom stereocenters. The van der Waals surface area contributed by atoms with Gasteiger partial charge in [0.25, 0.3) is 0 Å². The number of rotatable bonds is 5. The van der Waals surface area contributed by atoms with Gasteiger partial charge in [-0.2, -0.15) is 0 Å². The summed E-state index contributed by atoms with van der Waals surface area (Å²) in [5.41, 5.74) is 0.810. The summed E-state index contributed by atoms with van der Waals surface area (Å²) in [4.78, 5) is 18.9. The molecule has 0 unspecified atom stereocenters. The molecule has 1 amide bonds. The van der Waals surface area contributed by atoms with E-state index in [1.54, 1.807) is 4.90 Å². The Bertz CT molecular complexity index is 492. The van der Waals surface area contributed by atoms with Crippen LogP contribution in [0.3, 0.4) is 0 Å². The molecular formula is C16H28N4O2. The Hall–Kier alpha value is -1.40. The summed E-state index contributed by atoms with van der Waals surface area (Å²) in [5.74, 6) is 1.31. The first-order valence-corrected chi connectivity index (χ1v) is 8.01. The van der Waals surface area contributed by atoms with Gasteiger partial charge in [0.2, 0.25) is 5.91 Å². The quantitative estimate of drug-likeness (QED) is 0.823. The molecule has 2 rings (SSSR count). The van der Waals surface area contributed by atoms with E-state index in [9.17, 15) is 4.79 Å². The van der Waals surface area contributed by atoms with Crippen molar-refractivity contribution in [1.29, 1.82) is 0 Å². The van der Waals surface area contributed by atoms with Crippen molar-refractivity contribution in [2.75, 3.05) is 40.3 Å². The Balaban J connectivity index is 1.90.